The van der Waals surface area contributed by atoms with Crippen LogP contribution in [0.5, 0.6) is 5.75 Å². The van der Waals surface area contributed by atoms with Crippen LogP contribution in [0.2, 0.25) is 5.02 Å². The number of benzene rings is 2. The van der Waals surface area contributed by atoms with Crippen molar-refractivity contribution in [1.82, 2.24) is 0 Å². The molecule has 0 aliphatic heterocycles. The average Bonchev–Trinajstić information content (AvgIpc) is 2.63. The van der Waals surface area contributed by atoms with Crippen molar-refractivity contribution < 1.29 is 14.5 Å². The van der Waals surface area contributed by atoms with Crippen LogP contribution in [0.4, 0.5) is 11.4 Å². The topological polar surface area (TPSA) is 96.5 Å². The molecule has 2 aromatic rings. The largest absolute Gasteiger partial charge is 0.477 e. The molecular weight excluding hydrogens is 370 g/mol. The lowest BCUT2D eigenvalue weighted by molar-refractivity contribution is -0.385. The molecular formula is C19H18ClN3O4. The number of aryl methyl sites for hydroxylation is 2. The second-order valence-electron chi connectivity index (χ2n) is 5.88. The lowest BCUT2D eigenvalue weighted by atomic mass is 10.1. The van der Waals surface area contributed by atoms with E-state index in [1.807, 2.05) is 32.0 Å². The Morgan fingerprint density at radius 3 is 2.63 bits per heavy atom. The highest BCUT2D eigenvalue weighted by Crippen LogP contribution is 2.30. The number of amides is 1. The zero-order valence-electron chi connectivity index (χ0n) is 14.9. The number of nitro benzene ring substituents is 1. The number of carbonyl (C=O) groups is 1. The molecule has 7 nitrogen and oxygen atoms in total. The standard InChI is InChI=1S/C19H18ClN3O4/c1-13-4-6-16(10-14(13)2)22(9-3-8-21)19(24)12-27-18-7-5-15(20)11-17(18)23(25)26/h4-7,10-11H,3,9,12H2,1-2H3. The molecule has 0 N–H and O–H groups in total. The molecule has 27 heavy (non-hydrogen) atoms. The van der Waals surface area contributed by atoms with Gasteiger partial charge >= 0.3 is 5.69 Å². The number of anilines is 1. The van der Waals surface area contributed by atoms with Gasteiger partial charge in [-0.3, -0.25) is 14.9 Å². The number of nitro groups is 1. The lowest BCUT2D eigenvalue weighted by Crippen LogP contribution is -2.35. The van der Waals surface area contributed by atoms with Gasteiger partial charge in [0.25, 0.3) is 5.91 Å². The molecule has 0 aliphatic carbocycles. The predicted octanol–water partition coefficient (Wildman–Crippen LogP) is 4.19. The molecule has 2 rings (SSSR count). The molecule has 2 aromatic carbocycles. The molecule has 1 amide bonds. The van der Waals surface area contributed by atoms with Gasteiger partial charge in [-0.1, -0.05) is 17.7 Å². The Balaban J connectivity index is 2.20. The van der Waals surface area contributed by atoms with E-state index in [9.17, 15) is 14.9 Å². The Morgan fingerprint density at radius 1 is 1.26 bits per heavy atom. The molecule has 0 atom stereocenters. The molecule has 8 heteroatoms. The van der Waals surface area contributed by atoms with E-state index in [0.29, 0.717) is 5.69 Å². The van der Waals surface area contributed by atoms with E-state index in [2.05, 4.69) is 0 Å². The van der Waals surface area contributed by atoms with Crippen molar-refractivity contribution in [2.24, 2.45) is 0 Å². The van der Waals surface area contributed by atoms with Crippen molar-refractivity contribution in [3.8, 4) is 11.8 Å². The smallest absolute Gasteiger partial charge is 0.312 e. The number of ether oxygens (including phenoxy) is 1. The number of carbonyl (C=O) groups excluding carboxylic acids is 1. The highest BCUT2D eigenvalue weighted by atomic mass is 35.5. The van der Waals surface area contributed by atoms with Crippen LogP contribution in [0.15, 0.2) is 36.4 Å². The van der Waals surface area contributed by atoms with E-state index in [0.717, 1.165) is 17.2 Å². The maximum Gasteiger partial charge on any atom is 0.312 e. The summed E-state index contributed by atoms with van der Waals surface area (Å²) in [7, 11) is 0. The van der Waals surface area contributed by atoms with E-state index in [-0.39, 0.29) is 29.4 Å². The summed E-state index contributed by atoms with van der Waals surface area (Å²) in [5.74, 6) is -0.448. The van der Waals surface area contributed by atoms with E-state index >= 15 is 0 Å². The van der Waals surface area contributed by atoms with Gasteiger partial charge in [0.15, 0.2) is 12.4 Å². The van der Waals surface area contributed by atoms with Gasteiger partial charge in [-0.2, -0.15) is 5.26 Å². The number of hydrogen-bond donors (Lipinski definition) is 0. The van der Waals surface area contributed by atoms with Crippen molar-refractivity contribution in [2.45, 2.75) is 20.3 Å². The molecule has 0 heterocycles. The highest BCUT2D eigenvalue weighted by molar-refractivity contribution is 6.30. The number of nitrogens with zero attached hydrogens (tertiary/aromatic N) is 3. The fraction of sp³-hybridized carbons (Fsp3) is 0.263. The van der Waals surface area contributed by atoms with Crippen LogP contribution in [0.25, 0.3) is 0 Å². The Kier molecular flexibility index (Phi) is 6.74. The van der Waals surface area contributed by atoms with Crippen molar-refractivity contribution >= 4 is 28.9 Å². The minimum atomic E-state index is -0.623. The fourth-order valence-electron chi connectivity index (χ4n) is 2.43. The first-order valence-electron chi connectivity index (χ1n) is 8.14. The van der Waals surface area contributed by atoms with Gasteiger partial charge in [-0.15, -0.1) is 0 Å². The normalized spacial score (nSPS) is 10.1. The van der Waals surface area contributed by atoms with Crippen LogP contribution in [0.1, 0.15) is 17.5 Å². The molecule has 0 spiro atoms. The first-order chi connectivity index (χ1) is 12.8. The van der Waals surface area contributed by atoms with Gasteiger partial charge in [-0.25, -0.2) is 0 Å². The van der Waals surface area contributed by atoms with Crippen LogP contribution in [0, 0.1) is 35.3 Å². The van der Waals surface area contributed by atoms with Crippen molar-refractivity contribution in [3.05, 3.63) is 62.7 Å². The van der Waals surface area contributed by atoms with Gasteiger partial charge in [0.05, 0.1) is 17.4 Å². The Hall–Kier alpha value is -3.11. The first kappa shape index (κ1) is 20.2. The van der Waals surface area contributed by atoms with Crippen LogP contribution in [-0.2, 0) is 4.79 Å². The zero-order valence-corrected chi connectivity index (χ0v) is 15.7. The first-order valence-corrected chi connectivity index (χ1v) is 8.52. The Bertz CT molecular complexity index is 908. The minimum absolute atomic E-state index is 0.0435. The molecule has 140 valence electrons. The van der Waals surface area contributed by atoms with E-state index in [1.54, 1.807) is 6.07 Å². The number of rotatable bonds is 7. The van der Waals surface area contributed by atoms with Crippen molar-refractivity contribution in [1.29, 1.82) is 5.26 Å². The quantitative estimate of drug-likeness (QED) is 0.524. The summed E-state index contributed by atoms with van der Waals surface area (Å²) in [6, 6.07) is 11.5. The molecule has 0 radical (unpaired) electrons. The maximum absolute atomic E-state index is 12.7. The SMILES string of the molecule is Cc1ccc(N(CCC#N)C(=O)COc2ccc(Cl)cc2[N+](=O)[O-])cc1C. The monoisotopic (exact) mass is 387 g/mol. The highest BCUT2D eigenvalue weighted by Gasteiger charge is 2.20. The van der Waals surface area contributed by atoms with Gasteiger partial charge in [-0.05, 0) is 49.2 Å². The van der Waals surface area contributed by atoms with E-state index in [1.165, 1.54) is 17.0 Å². The summed E-state index contributed by atoms with van der Waals surface area (Å²) in [5, 5.41) is 20.2. The summed E-state index contributed by atoms with van der Waals surface area (Å²) in [6.07, 6.45) is 0.153. The summed E-state index contributed by atoms with van der Waals surface area (Å²) in [5.41, 5.74) is 2.42. The van der Waals surface area contributed by atoms with Crippen LogP contribution >= 0.6 is 11.6 Å². The van der Waals surface area contributed by atoms with Gasteiger partial charge < -0.3 is 9.64 Å². The van der Waals surface area contributed by atoms with Crippen LogP contribution in [-0.4, -0.2) is 24.0 Å². The lowest BCUT2D eigenvalue weighted by Gasteiger charge is -2.22. The predicted molar refractivity (Wildman–Crippen MR) is 102 cm³/mol. The summed E-state index contributed by atoms with van der Waals surface area (Å²) < 4.78 is 5.38. The van der Waals surface area contributed by atoms with Crippen molar-refractivity contribution in [3.63, 3.8) is 0 Å². The maximum atomic E-state index is 12.7. The van der Waals surface area contributed by atoms with Gasteiger partial charge in [0, 0.05) is 23.3 Å². The Morgan fingerprint density at radius 2 is 2.00 bits per heavy atom. The van der Waals surface area contributed by atoms with Gasteiger partial charge in [0.1, 0.15) is 0 Å². The summed E-state index contributed by atoms with van der Waals surface area (Å²) in [6.45, 7) is 3.69. The second-order valence-corrected chi connectivity index (χ2v) is 6.32. The third kappa shape index (κ3) is 5.19. The molecule has 0 fully saturated rings. The molecule has 0 saturated heterocycles. The number of hydrogen-bond acceptors (Lipinski definition) is 5. The summed E-state index contributed by atoms with van der Waals surface area (Å²) in [4.78, 5) is 24.6. The van der Waals surface area contributed by atoms with Crippen LogP contribution in [0.3, 0.4) is 0 Å². The minimum Gasteiger partial charge on any atom is -0.477 e. The number of nitriles is 1. The van der Waals surface area contributed by atoms with Crippen LogP contribution < -0.4 is 9.64 Å². The Labute approximate surface area is 161 Å². The van der Waals surface area contributed by atoms with Crippen molar-refractivity contribution in [2.75, 3.05) is 18.1 Å². The molecule has 0 bridgehead atoms. The van der Waals surface area contributed by atoms with E-state index in [4.69, 9.17) is 21.6 Å². The van der Waals surface area contributed by atoms with Gasteiger partial charge in [0.2, 0.25) is 0 Å². The molecule has 0 saturated carbocycles. The van der Waals surface area contributed by atoms with E-state index < -0.39 is 17.4 Å². The third-order valence-electron chi connectivity index (χ3n) is 4.02. The fourth-order valence-corrected chi connectivity index (χ4v) is 2.59. The third-order valence-corrected chi connectivity index (χ3v) is 4.25. The number of halogens is 1. The molecule has 0 aliphatic rings. The average molecular weight is 388 g/mol. The second kappa shape index (κ2) is 9.01. The zero-order chi connectivity index (χ0) is 20.0. The molecule has 0 unspecified atom stereocenters. The summed E-state index contributed by atoms with van der Waals surface area (Å²) >= 11 is 5.77. The molecule has 0 aromatic heterocycles.